The smallest absolute Gasteiger partial charge is 0.146 e. The third-order valence-corrected chi connectivity index (χ3v) is 3.30. The maximum atomic E-state index is 10.7. The van der Waals surface area contributed by atoms with Gasteiger partial charge in [-0.2, -0.15) is 5.26 Å². The van der Waals surface area contributed by atoms with Crippen molar-refractivity contribution in [1.82, 2.24) is 0 Å². The molecular weight excluding hydrogens is 286 g/mol. The van der Waals surface area contributed by atoms with Gasteiger partial charge in [0.15, 0.2) is 0 Å². The normalized spacial score (nSPS) is 11.6. The maximum Gasteiger partial charge on any atom is 0.146 e. The molecule has 0 saturated carbocycles. The molecule has 0 aliphatic carbocycles. The molecule has 0 aromatic heterocycles. The molecule has 4 nitrogen and oxygen atoms in total. The van der Waals surface area contributed by atoms with Crippen molar-refractivity contribution in [3.8, 4) is 17.6 Å². The average molecular weight is 293 g/mol. The van der Waals surface area contributed by atoms with Crippen LogP contribution in [0.4, 0.5) is 0 Å². The van der Waals surface area contributed by atoms with Crippen molar-refractivity contribution in [2.24, 2.45) is 0 Å². The third kappa shape index (κ3) is 3.12. The maximum absolute atomic E-state index is 10.7. The Morgan fingerprint density at radius 3 is 2.47 bits per heavy atom. The van der Waals surface area contributed by atoms with Crippen molar-refractivity contribution < 1.29 is 13.5 Å². The first-order chi connectivity index (χ1) is 9.11. The first kappa shape index (κ1) is 13.6. The fourth-order valence-electron chi connectivity index (χ4n) is 1.44. The summed E-state index contributed by atoms with van der Waals surface area (Å²) in [5.41, 5.74) is 0.237. The minimum atomic E-state index is -2.27. The Hall–Kier alpha value is -1.87. The van der Waals surface area contributed by atoms with Crippen LogP contribution in [0.25, 0.3) is 0 Å². The van der Waals surface area contributed by atoms with Crippen LogP contribution in [0.2, 0.25) is 5.02 Å². The Kier molecular flexibility index (Phi) is 4.17. The Morgan fingerprint density at radius 1 is 1.21 bits per heavy atom. The van der Waals surface area contributed by atoms with E-state index >= 15 is 0 Å². The predicted octanol–water partition coefficient (Wildman–Crippen LogP) is 3.24. The van der Waals surface area contributed by atoms with Gasteiger partial charge in [0.2, 0.25) is 0 Å². The van der Waals surface area contributed by atoms with Crippen molar-refractivity contribution in [3.05, 3.63) is 53.1 Å². The summed E-state index contributed by atoms with van der Waals surface area (Å²) in [7, 11) is 0. The van der Waals surface area contributed by atoms with Crippen molar-refractivity contribution in [2.45, 2.75) is 4.90 Å². The molecule has 0 radical (unpaired) electrons. The standard InChI is InChI=1S/C13H8ClNO3S/c14-12-2-1-3-13(11(12)8-15)18-9-4-6-10(7-5-9)19(16)17/h1-7H,(H,16,17)/p-1. The molecule has 2 rings (SSSR count). The second kappa shape index (κ2) is 5.85. The number of benzene rings is 2. The first-order valence-corrected chi connectivity index (χ1v) is 6.63. The zero-order valence-corrected chi connectivity index (χ0v) is 11.1. The highest BCUT2D eigenvalue weighted by atomic mass is 35.5. The second-order valence-electron chi connectivity index (χ2n) is 3.53. The van der Waals surface area contributed by atoms with Gasteiger partial charge in [-0.25, -0.2) is 0 Å². The highest BCUT2D eigenvalue weighted by Crippen LogP contribution is 2.29. The number of ether oxygens (including phenoxy) is 1. The lowest BCUT2D eigenvalue weighted by Gasteiger charge is -2.09. The summed E-state index contributed by atoms with van der Waals surface area (Å²) in [6.45, 7) is 0. The van der Waals surface area contributed by atoms with Crippen molar-refractivity contribution >= 4 is 22.7 Å². The van der Waals surface area contributed by atoms with Gasteiger partial charge >= 0.3 is 0 Å². The van der Waals surface area contributed by atoms with Crippen LogP contribution in [0.15, 0.2) is 47.4 Å². The summed E-state index contributed by atoms with van der Waals surface area (Å²) >= 11 is 3.61. The third-order valence-electron chi connectivity index (χ3n) is 2.33. The lowest BCUT2D eigenvalue weighted by molar-refractivity contribution is 0.480. The first-order valence-electron chi connectivity index (χ1n) is 5.17. The van der Waals surface area contributed by atoms with E-state index in [0.29, 0.717) is 16.5 Å². The van der Waals surface area contributed by atoms with E-state index in [4.69, 9.17) is 21.6 Å². The molecule has 0 amide bonds. The van der Waals surface area contributed by atoms with Crippen LogP contribution in [0.1, 0.15) is 5.56 Å². The predicted molar refractivity (Wildman–Crippen MR) is 69.9 cm³/mol. The van der Waals surface area contributed by atoms with E-state index in [2.05, 4.69) is 0 Å². The van der Waals surface area contributed by atoms with Gasteiger partial charge in [0.25, 0.3) is 0 Å². The van der Waals surface area contributed by atoms with E-state index in [1.807, 2.05) is 6.07 Å². The average Bonchev–Trinajstić information content (AvgIpc) is 2.39. The quantitative estimate of drug-likeness (QED) is 0.814. The molecule has 0 bridgehead atoms. The van der Waals surface area contributed by atoms with Crippen molar-refractivity contribution in [1.29, 1.82) is 5.26 Å². The van der Waals surface area contributed by atoms with Gasteiger partial charge in [-0.05, 0) is 47.5 Å². The fourth-order valence-corrected chi connectivity index (χ4v) is 2.01. The van der Waals surface area contributed by atoms with Gasteiger partial charge in [-0.3, -0.25) is 4.21 Å². The van der Waals surface area contributed by atoms with Crippen LogP contribution in [0.3, 0.4) is 0 Å². The van der Waals surface area contributed by atoms with Gasteiger partial charge in [0, 0.05) is 4.90 Å². The van der Waals surface area contributed by atoms with Gasteiger partial charge in [-0.1, -0.05) is 17.7 Å². The number of nitrogens with zero attached hydrogens (tertiary/aromatic N) is 1. The fraction of sp³-hybridized carbons (Fsp3) is 0. The van der Waals surface area contributed by atoms with E-state index in [1.54, 1.807) is 18.2 Å². The van der Waals surface area contributed by atoms with Crippen LogP contribution >= 0.6 is 11.6 Å². The zero-order chi connectivity index (χ0) is 13.8. The SMILES string of the molecule is N#Cc1c(Cl)cccc1Oc1ccc(S(=O)[O-])cc1. The molecule has 0 fully saturated rings. The highest BCUT2D eigenvalue weighted by Gasteiger charge is 2.08. The van der Waals surface area contributed by atoms with Crippen molar-refractivity contribution in [3.63, 3.8) is 0 Å². The number of halogens is 1. The Balaban J connectivity index is 2.29. The number of nitriles is 1. The van der Waals surface area contributed by atoms with Crippen LogP contribution in [0.5, 0.6) is 11.5 Å². The van der Waals surface area contributed by atoms with E-state index < -0.39 is 11.1 Å². The molecule has 0 spiro atoms. The molecule has 19 heavy (non-hydrogen) atoms. The highest BCUT2D eigenvalue weighted by molar-refractivity contribution is 7.79. The van der Waals surface area contributed by atoms with Crippen molar-refractivity contribution in [2.75, 3.05) is 0 Å². The van der Waals surface area contributed by atoms with Gasteiger partial charge in [-0.15, -0.1) is 0 Å². The molecular formula is C13H7ClNO3S-. The Bertz CT molecular complexity index is 665. The largest absolute Gasteiger partial charge is 0.768 e. The second-order valence-corrected chi connectivity index (χ2v) is 4.88. The van der Waals surface area contributed by atoms with E-state index in [9.17, 15) is 8.76 Å². The lowest BCUT2D eigenvalue weighted by Crippen LogP contribution is -1.91. The summed E-state index contributed by atoms with van der Waals surface area (Å²) in [6.07, 6.45) is 0. The van der Waals surface area contributed by atoms with E-state index in [-0.39, 0.29) is 10.5 Å². The number of rotatable bonds is 3. The summed E-state index contributed by atoms with van der Waals surface area (Å²) < 4.78 is 26.9. The Labute approximate surface area is 117 Å². The Morgan fingerprint density at radius 2 is 1.89 bits per heavy atom. The van der Waals surface area contributed by atoms with Gasteiger partial charge < -0.3 is 9.29 Å². The summed E-state index contributed by atoms with van der Waals surface area (Å²) in [5, 5.41) is 9.30. The summed E-state index contributed by atoms with van der Waals surface area (Å²) in [6, 6.07) is 12.7. The minimum absolute atomic E-state index is 0.166. The lowest BCUT2D eigenvalue weighted by atomic mass is 10.2. The molecule has 6 heteroatoms. The summed E-state index contributed by atoms with van der Waals surface area (Å²) in [5.74, 6) is 0.749. The van der Waals surface area contributed by atoms with Crippen LogP contribution in [-0.4, -0.2) is 8.76 Å². The molecule has 96 valence electrons. The van der Waals surface area contributed by atoms with Gasteiger partial charge in [0.1, 0.15) is 23.1 Å². The molecule has 0 aliphatic rings. The monoisotopic (exact) mass is 292 g/mol. The molecule has 0 heterocycles. The molecule has 0 aliphatic heterocycles. The molecule has 2 aromatic rings. The van der Waals surface area contributed by atoms with Crippen LogP contribution in [0, 0.1) is 11.3 Å². The van der Waals surface area contributed by atoms with Crippen LogP contribution < -0.4 is 4.74 Å². The minimum Gasteiger partial charge on any atom is -0.768 e. The molecule has 0 saturated heterocycles. The van der Waals surface area contributed by atoms with E-state index in [0.717, 1.165) is 0 Å². The molecule has 1 unspecified atom stereocenters. The molecule has 2 aromatic carbocycles. The number of hydrogen-bond donors (Lipinski definition) is 0. The summed E-state index contributed by atoms with van der Waals surface area (Å²) in [4.78, 5) is 0.166. The van der Waals surface area contributed by atoms with E-state index in [1.165, 1.54) is 24.3 Å². The number of hydrogen-bond acceptors (Lipinski definition) is 4. The van der Waals surface area contributed by atoms with Crippen LogP contribution in [-0.2, 0) is 11.1 Å². The zero-order valence-electron chi connectivity index (χ0n) is 9.50. The van der Waals surface area contributed by atoms with Gasteiger partial charge in [0.05, 0.1) is 5.02 Å². The molecule has 0 N–H and O–H groups in total. The molecule has 1 atom stereocenters. The topological polar surface area (TPSA) is 73.1 Å².